The molecule has 6 nitrogen and oxygen atoms in total. The number of amides is 1. The Bertz CT molecular complexity index is 777. The van der Waals surface area contributed by atoms with Crippen LogP contribution in [0.2, 0.25) is 0 Å². The molecule has 0 spiro atoms. The molecule has 8 heteroatoms. The van der Waals surface area contributed by atoms with E-state index in [4.69, 9.17) is 4.74 Å². The summed E-state index contributed by atoms with van der Waals surface area (Å²) in [6.45, 7) is 2.20. The van der Waals surface area contributed by atoms with Gasteiger partial charge < -0.3 is 10.1 Å². The Morgan fingerprint density at radius 1 is 1.40 bits per heavy atom. The van der Waals surface area contributed by atoms with E-state index in [1.54, 1.807) is 18.5 Å². The molecule has 0 unspecified atom stereocenters. The molecule has 1 aliphatic carbocycles. The van der Waals surface area contributed by atoms with Crippen molar-refractivity contribution in [3.63, 3.8) is 0 Å². The number of anilines is 1. The van der Waals surface area contributed by atoms with Crippen LogP contribution in [0.3, 0.4) is 0 Å². The fraction of sp³-hybridized carbons (Fsp3) is 0.412. The first-order chi connectivity index (χ1) is 12.1. The molecule has 2 heterocycles. The second kappa shape index (κ2) is 7.97. The molecule has 2 aromatic heterocycles. The van der Waals surface area contributed by atoms with Crippen molar-refractivity contribution in [2.24, 2.45) is 5.92 Å². The predicted octanol–water partition coefficient (Wildman–Crippen LogP) is 3.18. The molecule has 0 aromatic carbocycles. The van der Waals surface area contributed by atoms with Gasteiger partial charge in [-0.2, -0.15) is 0 Å². The molecule has 0 radical (unpaired) electrons. The molecule has 2 aromatic rings. The first kappa shape index (κ1) is 17.9. The van der Waals surface area contributed by atoms with Gasteiger partial charge in [0.05, 0.1) is 18.4 Å². The van der Waals surface area contributed by atoms with E-state index in [2.05, 4.69) is 22.2 Å². The molecule has 0 fully saturated rings. The molecule has 0 bridgehead atoms. The second-order valence-electron chi connectivity index (χ2n) is 5.92. The summed E-state index contributed by atoms with van der Waals surface area (Å²) in [6, 6.07) is 1.73. The van der Waals surface area contributed by atoms with Crippen LogP contribution in [0, 0.1) is 5.92 Å². The zero-order valence-electron chi connectivity index (χ0n) is 14.1. The number of hydrogen-bond acceptors (Lipinski definition) is 7. The fourth-order valence-electron chi connectivity index (χ4n) is 2.81. The standard InChI is InChI=1S/C17H19N3O3S2/c1-10-4-5-11-12(8-10)25-15(14(11)16(22)23-2)20-13(21)9-24-17-18-6-3-7-19-17/h3,6-7,10H,4-5,8-9H2,1-2H3,(H,20,21)/t10-/m0/s1. The number of nitrogens with zero attached hydrogens (tertiary/aromatic N) is 2. The molecule has 3 rings (SSSR count). The molecular formula is C17H19N3O3S2. The molecule has 1 aliphatic rings. The van der Waals surface area contributed by atoms with E-state index in [0.29, 0.717) is 21.6 Å². The monoisotopic (exact) mass is 377 g/mol. The quantitative estimate of drug-likeness (QED) is 0.490. The first-order valence-electron chi connectivity index (χ1n) is 8.01. The maximum absolute atomic E-state index is 12.3. The smallest absolute Gasteiger partial charge is 0.341 e. The largest absolute Gasteiger partial charge is 0.465 e. The van der Waals surface area contributed by atoms with Gasteiger partial charge in [-0.25, -0.2) is 14.8 Å². The molecular weight excluding hydrogens is 358 g/mol. The Kier molecular flexibility index (Phi) is 5.70. The van der Waals surface area contributed by atoms with Crippen molar-refractivity contribution in [3.8, 4) is 0 Å². The number of methoxy groups -OCH3 is 1. The van der Waals surface area contributed by atoms with Crippen LogP contribution < -0.4 is 5.32 Å². The molecule has 132 valence electrons. The SMILES string of the molecule is COC(=O)c1c(NC(=O)CSc2ncccn2)sc2c1CC[C@H](C)C2. The van der Waals surface area contributed by atoms with Crippen molar-refractivity contribution in [2.75, 3.05) is 18.2 Å². The van der Waals surface area contributed by atoms with Crippen LogP contribution in [0.1, 0.15) is 34.1 Å². The van der Waals surface area contributed by atoms with Gasteiger partial charge in [-0.1, -0.05) is 18.7 Å². The van der Waals surface area contributed by atoms with Gasteiger partial charge in [-0.15, -0.1) is 11.3 Å². The number of carbonyl (C=O) groups excluding carboxylic acids is 2. The van der Waals surface area contributed by atoms with Crippen molar-refractivity contribution in [3.05, 3.63) is 34.5 Å². The Hall–Kier alpha value is -1.93. The van der Waals surface area contributed by atoms with E-state index in [1.807, 2.05) is 0 Å². The van der Waals surface area contributed by atoms with Gasteiger partial charge in [0.25, 0.3) is 0 Å². The number of nitrogens with one attached hydrogen (secondary N) is 1. The molecule has 0 aliphatic heterocycles. The van der Waals surface area contributed by atoms with Gasteiger partial charge in [0.15, 0.2) is 5.16 Å². The van der Waals surface area contributed by atoms with Crippen molar-refractivity contribution in [1.82, 2.24) is 9.97 Å². The summed E-state index contributed by atoms with van der Waals surface area (Å²) in [5, 5.41) is 4.01. The molecule has 1 amide bonds. The average molecular weight is 377 g/mol. The Labute approximate surface area is 154 Å². The van der Waals surface area contributed by atoms with Crippen LogP contribution >= 0.6 is 23.1 Å². The Balaban J connectivity index is 1.75. The summed E-state index contributed by atoms with van der Waals surface area (Å²) in [4.78, 5) is 33.8. The highest BCUT2D eigenvalue weighted by Crippen LogP contribution is 2.40. The number of hydrogen-bond donors (Lipinski definition) is 1. The van der Waals surface area contributed by atoms with Crippen LogP contribution in [-0.2, 0) is 22.4 Å². The molecule has 1 N–H and O–H groups in total. The highest BCUT2D eigenvalue weighted by molar-refractivity contribution is 7.99. The number of esters is 1. The lowest BCUT2D eigenvalue weighted by Crippen LogP contribution is -2.17. The van der Waals surface area contributed by atoms with Gasteiger partial charge >= 0.3 is 5.97 Å². The lowest BCUT2D eigenvalue weighted by molar-refractivity contribution is -0.113. The maximum Gasteiger partial charge on any atom is 0.341 e. The topological polar surface area (TPSA) is 81.2 Å². The molecule has 25 heavy (non-hydrogen) atoms. The fourth-order valence-corrected chi connectivity index (χ4v) is 4.83. The summed E-state index contributed by atoms with van der Waals surface area (Å²) >= 11 is 2.74. The normalized spacial score (nSPS) is 16.2. The Morgan fingerprint density at radius 2 is 2.16 bits per heavy atom. The van der Waals surface area contributed by atoms with E-state index >= 15 is 0 Å². The van der Waals surface area contributed by atoms with E-state index < -0.39 is 0 Å². The third-order valence-corrected chi connectivity index (χ3v) is 6.07. The van der Waals surface area contributed by atoms with Gasteiger partial charge in [0.2, 0.25) is 5.91 Å². The summed E-state index contributed by atoms with van der Waals surface area (Å²) in [7, 11) is 1.37. The lowest BCUT2D eigenvalue weighted by atomic mass is 9.88. The van der Waals surface area contributed by atoms with Crippen LogP contribution in [0.25, 0.3) is 0 Å². The maximum atomic E-state index is 12.3. The predicted molar refractivity (Wildman–Crippen MR) is 98.2 cm³/mol. The highest BCUT2D eigenvalue weighted by Gasteiger charge is 2.28. The number of thioether (sulfide) groups is 1. The summed E-state index contributed by atoms with van der Waals surface area (Å²) in [5.74, 6) is 0.200. The minimum Gasteiger partial charge on any atom is -0.465 e. The highest BCUT2D eigenvalue weighted by atomic mass is 32.2. The zero-order valence-corrected chi connectivity index (χ0v) is 15.7. The molecule has 0 saturated heterocycles. The van der Waals surface area contributed by atoms with E-state index in [-0.39, 0.29) is 17.6 Å². The van der Waals surface area contributed by atoms with Crippen molar-refractivity contribution >= 4 is 40.0 Å². The first-order valence-corrected chi connectivity index (χ1v) is 9.81. The average Bonchev–Trinajstić information content (AvgIpc) is 2.97. The van der Waals surface area contributed by atoms with Crippen LogP contribution in [0.15, 0.2) is 23.6 Å². The second-order valence-corrected chi connectivity index (χ2v) is 7.96. The van der Waals surface area contributed by atoms with Gasteiger partial charge in [0.1, 0.15) is 5.00 Å². The number of fused-ring (bicyclic) bond motifs is 1. The molecule has 0 saturated carbocycles. The summed E-state index contributed by atoms with van der Waals surface area (Å²) < 4.78 is 4.93. The third-order valence-electron chi connectivity index (χ3n) is 4.03. The summed E-state index contributed by atoms with van der Waals surface area (Å²) in [5.41, 5.74) is 1.55. The number of thiophene rings is 1. The minimum absolute atomic E-state index is 0.184. The van der Waals surface area contributed by atoms with Crippen LogP contribution in [-0.4, -0.2) is 34.7 Å². The van der Waals surface area contributed by atoms with E-state index in [1.165, 1.54) is 35.1 Å². The number of rotatable bonds is 5. The van der Waals surface area contributed by atoms with Gasteiger partial charge in [-0.3, -0.25) is 4.79 Å². The zero-order chi connectivity index (χ0) is 17.8. The number of carbonyl (C=O) groups is 2. The number of ether oxygens (including phenoxy) is 1. The molecule has 1 atom stereocenters. The summed E-state index contributed by atoms with van der Waals surface area (Å²) in [6.07, 6.45) is 6.10. The lowest BCUT2D eigenvalue weighted by Gasteiger charge is -2.18. The van der Waals surface area contributed by atoms with Crippen molar-refractivity contribution in [2.45, 2.75) is 31.3 Å². The van der Waals surface area contributed by atoms with Crippen LogP contribution in [0.4, 0.5) is 5.00 Å². The van der Waals surface area contributed by atoms with Crippen molar-refractivity contribution < 1.29 is 14.3 Å². The van der Waals surface area contributed by atoms with E-state index in [9.17, 15) is 9.59 Å². The van der Waals surface area contributed by atoms with Gasteiger partial charge in [0, 0.05) is 17.3 Å². The van der Waals surface area contributed by atoms with Crippen LogP contribution in [0.5, 0.6) is 0 Å². The Morgan fingerprint density at radius 3 is 2.88 bits per heavy atom. The van der Waals surface area contributed by atoms with Gasteiger partial charge in [-0.05, 0) is 36.8 Å². The third kappa shape index (κ3) is 4.19. The van der Waals surface area contributed by atoms with Crippen molar-refractivity contribution in [1.29, 1.82) is 0 Å². The minimum atomic E-state index is -0.388. The van der Waals surface area contributed by atoms with E-state index in [0.717, 1.165) is 24.8 Å². The number of aromatic nitrogens is 2.